The zero-order valence-electron chi connectivity index (χ0n) is 7.72. The Labute approximate surface area is 85.0 Å². The zero-order chi connectivity index (χ0) is 10.2. The first kappa shape index (κ1) is 10.2. The maximum Gasteiger partial charge on any atom is 0.286 e. The summed E-state index contributed by atoms with van der Waals surface area (Å²) in [6.07, 6.45) is 0. The topological polar surface area (TPSA) is 43.1 Å². The van der Waals surface area contributed by atoms with Crippen molar-refractivity contribution in [3.8, 4) is 0 Å². The Hall–Kier alpha value is -0.900. The molecule has 0 spiro atoms. The molecular weight excluding hydrogens is 234 g/mol. The SMILES string of the molecule is Cc1cc(Br)c([N+](=O)[O-])c(C)c1C. The number of halogens is 1. The summed E-state index contributed by atoms with van der Waals surface area (Å²) in [5.41, 5.74) is 2.95. The molecule has 0 fully saturated rings. The van der Waals surface area contributed by atoms with Crippen LogP contribution in [0.3, 0.4) is 0 Å². The van der Waals surface area contributed by atoms with E-state index in [0.717, 1.165) is 16.7 Å². The standard InChI is InChI=1S/C9H10BrNO2/c1-5-4-8(10)9(11(12)13)7(3)6(5)2/h4H,1-3H3. The van der Waals surface area contributed by atoms with E-state index >= 15 is 0 Å². The summed E-state index contributed by atoms with van der Waals surface area (Å²) in [5.74, 6) is 0. The van der Waals surface area contributed by atoms with Crippen LogP contribution in [0.25, 0.3) is 0 Å². The molecule has 0 amide bonds. The van der Waals surface area contributed by atoms with Gasteiger partial charge in [-0.2, -0.15) is 0 Å². The molecule has 0 radical (unpaired) electrons. The average molecular weight is 244 g/mol. The monoisotopic (exact) mass is 243 g/mol. The molecular formula is C9H10BrNO2. The number of benzene rings is 1. The second kappa shape index (κ2) is 3.46. The van der Waals surface area contributed by atoms with Gasteiger partial charge in [0.05, 0.1) is 9.40 Å². The van der Waals surface area contributed by atoms with Crippen LogP contribution in [0.15, 0.2) is 10.5 Å². The van der Waals surface area contributed by atoms with E-state index < -0.39 is 0 Å². The normalized spacial score (nSPS) is 10.2. The van der Waals surface area contributed by atoms with Crippen molar-refractivity contribution in [1.82, 2.24) is 0 Å². The highest BCUT2D eigenvalue weighted by atomic mass is 79.9. The minimum Gasteiger partial charge on any atom is -0.258 e. The van der Waals surface area contributed by atoms with E-state index in [1.54, 1.807) is 13.0 Å². The second-order valence-electron chi connectivity index (χ2n) is 3.03. The van der Waals surface area contributed by atoms with Crippen molar-refractivity contribution in [3.05, 3.63) is 37.3 Å². The van der Waals surface area contributed by atoms with Crippen molar-refractivity contribution in [1.29, 1.82) is 0 Å². The number of nitro groups is 1. The summed E-state index contributed by atoms with van der Waals surface area (Å²) in [6.45, 7) is 5.60. The summed E-state index contributed by atoms with van der Waals surface area (Å²) in [5, 5.41) is 10.7. The van der Waals surface area contributed by atoms with Gasteiger partial charge in [0.2, 0.25) is 0 Å². The van der Waals surface area contributed by atoms with Crippen LogP contribution < -0.4 is 0 Å². The molecule has 0 N–H and O–H groups in total. The van der Waals surface area contributed by atoms with Gasteiger partial charge >= 0.3 is 0 Å². The Morgan fingerprint density at radius 2 is 1.85 bits per heavy atom. The van der Waals surface area contributed by atoms with Gasteiger partial charge in [0.25, 0.3) is 5.69 Å². The van der Waals surface area contributed by atoms with Gasteiger partial charge < -0.3 is 0 Å². The van der Waals surface area contributed by atoms with Gasteiger partial charge in [0.1, 0.15) is 0 Å². The Bertz CT molecular complexity index is 374. The van der Waals surface area contributed by atoms with Crippen LogP contribution in [-0.4, -0.2) is 4.92 Å². The molecule has 1 aromatic rings. The molecule has 0 heterocycles. The molecule has 0 aliphatic heterocycles. The van der Waals surface area contributed by atoms with Gasteiger partial charge in [-0.05, 0) is 53.9 Å². The summed E-state index contributed by atoms with van der Waals surface area (Å²) in [6, 6.07) is 1.78. The van der Waals surface area contributed by atoms with Crippen molar-refractivity contribution in [3.63, 3.8) is 0 Å². The van der Waals surface area contributed by atoms with Crippen LogP contribution in [0.2, 0.25) is 0 Å². The van der Waals surface area contributed by atoms with Crippen LogP contribution in [0.5, 0.6) is 0 Å². The largest absolute Gasteiger partial charge is 0.286 e. The highest BCUT2D eigenvalue weighted by molar-refractivity contribution is 9.10. The number of aryl methyl sites for hydroxylation is 1. The van der Waals surface area contributed by atoms with Crippen molar-refractivity contribution in [2.24, 2.45) is 0 Å². The maximum absolute atomic E-state index is 10.7. The van der Waals surface area contributed by atoms with Gasteiger partial charge in [-0.25, -0.2) is 0 Å². The van der Waals surface area contributed by atoms with Gasteiger partial charge in [-0.3, -0.25) is 10.1 Å². The molecule has 0 atom stereocenters. The lowest BCUT2D eigenvalue weighted by Crippen LogP contribution is -1.97. The van der Waals surface area contributed by atoms with Crippen molar-refractivity contribution in [2.45, 2.75) is 20.8 Å². The molecule has 1 aromatic carbocycles. The van der Waals surface area contributed by atoms with Crippen LogP contribution in [0.4, 0.5) is 5.69 Å². The summed E-state index contributed by atoms with van der Waals surface area (Å²) in [7, 11) is 0. The van der Waals surface area contributed by atoms with Gasteiger partial charge in [0, 0.05) is 5.56 Å². The lowest BCUT2D eigenvalue weighted by molar-refractivity contribution is -0.386. The fourth-order valence-electron chi connectivity index (χ4n) is 1.24. The molecule has 3 nitrogen and oxygen atoms in total. The third-order valence-corrected chi connectivity index (χ3v) is 2.87. The van der Waals surface area contributed by atoms with Gasteiger partial charge in [-0.1, -0.05) is 0 Å². The van der Waals surface area contributed by atoms with E-state index in [1.807, 2.05) is 13.8 Å². The quantitative estimate of drug-likeness (QED) is 0.562. The molecule has 70 valence electrons. The summed E-state index contributed by atoms with van der Waals surface area (Å²) >= 11 is 3.19. The van der Waals surface area contributed by atoms with Crippen LogP contribution in [-0.2, 0) is 0 Å². The minimum absolute atomic E-state index is 0.170. The molecule has 0 saturated carbocycles. The Morgan fingerprint density at radius 1 is 1.31 bits per heavy atom. The fraction of sp³-hybridized carbons (Fsp3) is 0.333. The zero-order valence-corrected chi connectivity index (χ0v) is 9.31. The molecule has 1 rings (SSSR count). The van der Waals surface area contributed by atoms with Gasteiger partial charge in [-0.15, -0.1) is 0 Å². The first-order valence-corrected chi connectivity index (χ1v) is 4.65. The summed E-state index contributed by atoms with van der Waals surface area (Å²) < 4.78 is 0.554. The third-order valence-electron chi connectivity index (χ3n) is 2.26. The lowest BCUT2D eigenvalue weighted by Gasteiger charge is -2.06. The third kappa shape index (κ3) is 1.72. The lowest BCUT2D eigenvalue weighted by atomic mass is 10.0. The van der Waals surface area contributed by atoms with E-state index in [2.05, 4.69) is 15.9 Å². The predicted octanol–water partition coefficient (Wildman–Crippen LogP) is 3.28. The molecule has 0 bridgehead atoms. The maximum atomic E-state index is 10.7. The van der Waals surface area contributed by atoms with Crippen LogP contribution in [0, 0.1) is 30.9 Å². The molecule has 0 saturated heterocycles. The predicted molar refractivity (Wildman–Crippen MR) is 55.0 cm³/mol. The molecule has 0 aromatic heterocycles. The fourth-order valence-corrected chi connectivity index (χ4v) is 2.03. The molecule has 0 unspecified atom stereocenters. The van der Waals surface area contributed by atoms with E-state index in [0.29, 0.717) is 4.47 Å². The Kier molecular flexibility index (Phi) is 2.71. The highest BCUT2D eigenvalue weighted by Crippen LogP contribution is 2.32. The van der Waals surface area contributed by atoms with Crippen LogP contribution in [0.1, 0.15) is 16.7 Å². The molecule has 13 heavy (non-hydrogen) atoms. The Morgan fingerprint density at radius 3 is 2.31 bits per heavy atom. The summed E-state index contributed by atoms with van der Waals surface area (Å²) in [4.78, 5) is 10.3. The van der Waals surface area contributed by atoms with Crippen molar-refractivity contribution in [2.75, 3.05) is 0 Å². The highest BCUT2D eigenvalue weighted by Gasteiger charge is 2.18. The number of hydrogen-bond acceptors (Lipinski definition) is 2. The smallest absolute Gasteiger partial charge is 0.258 e. The second-order valence-corrected chi connectivity index (χ2v) is 3.89. The van der Waals surface area contributed by atoms with E-state index in [9.17, 15) is 10.1 Å². The van der Waals surface area contributed by atoms with Crippen molar-refractivity contribution < 1.29 is 4.92 Å². The number of rotatable bonds is 1. The number of nitrogens with zero attached hydrogens (tertiary/aromatic N) is 1. The van der Waals surface area contributed by atoms with Crippen LogP contribution >= 0.6 is 15.9 Å². The minimum atomic E-state index is -0.355. The molecule has 4 heteroatoms. The molecule has 0 aliphatic carbocycles. The number of nitro benzene ring substituents is 1. The van der Waals surface area contributed by atoms with Gasteiger partial charge in [0.15, 0.2) is 0 Å². The van der Waals surface area contributed by atoms with E-state index in [1.165, 1.54) is 0 Å². The van der Waals surface area contributed by atoms with E-state index in [4.69, 9.17) is 0 Å². The Balaban J connectivity index is 3.53. The first-order chi connectivity index (χ1) is 5.95. The first-order valence-electron chi connectivity index (χ1n) is 3.86. The average Bonchev–Trinajstić information content (AvgIpc) is 1.99. The molecule has 0 aliphatic rings. The number of hydrogen-bond donors (Lipinski definition) is 0. The van der Waals surface area contributed by atoms with E-state index in [-0.39, 0.29) is 10.6 Å². The van der Waals surface area contributed by atoms with Crippen molar-refractivity contribution >= 4 is 21.6 Å².